The minimum Gasteiger partial charge on any atom is -0.508 e. The second-order valence-corrected chi connectivity index (χ2v) is 9.48. The van der Waals surface area contributed by atoms with Crippen molar-refractivity contribution in [1.82, 2.24) is 14.7 Å². The normalized spacial score (nSPS) is 14.6. The molecule has 0 unspecified atom stereocenters. The first kappa shape index (κ1) is 27.0. The molecule has 1 saturated heterocycles. The van der Waals surface area contributed by atoms with Crippen LogP contribution in [0.3, 0.4) is 0 Å². The molecule has 0 radical (unpaired) electrons. The molecule has 10 heteroatoms. The van der Waals surface area contributed by atoms with Crippen LogP contribution in [0.15, 0.2) is 36.4 Å². The summed E-state index contributed by atoms with van der Waals surface area (Å²) in [6, 6.07) is 9.13. The van der Waals surface area contributed by atoms with Crippen LogP contribution in [0.4, 0.5) is 10.5 Å². The fraction of sp³-hybridized carbons (Fsp3) is 0.423. The third-order valence-corrected chi connectivity index (χ3v) is 6.48. The van der Waals surface area contributed by atoms with Crippen molar-refractivity contribution in [3.63, 3.8) is 0 Å². The third kappa shape index (κ3) is 6.52. The van der Waals surface area contributed by atoms with Gasteiger partial charge in [0.25, 0.3) is 0 Å². The Bertz CT molecular complexity index is 1080. The number of phenolic OH excluding ortho intramolecular Hbond substituents is 2. The molecule has 0 bridgehead atoms. The number of hydrogen-bond donors (Lipinski definition) is 4. The van der Waals surface area contributed by atoms with Gasteiger partial charge in [-0.3, -0.25) is 20.0 Å². The molecule has 0 spiro atoms. The molecule has 36 heavy (non-hydrogen) atoms. The van der Waals surface area contributed by atoms with Gasteiger partial charge in [0.15, 0.2) is 0 Å². The number of phenols is 2. The Hall–Kier alpha value is -3.63. The number of piperazine rings is 1. The zero-order valence-corrected chi connectivity index (χ0v) is 21.1. The number of benzene rings is 2. The molecular formula is C26H36N6O4. The second kappa shape index (κ2) is 11.9. The molecule has 1 heterocycles. The summed E-state index contributed by atoms with van der Waals surface area (Å²) < 4.78 is 0. The molecule has 1 fully saturated rings. The van der Waals surface area contributed by atoms with Gasteiger partial charge in [0.05, 0.1) is 11.3 Å². The number of nitrogens with one attached hydrogen (secondary N) is 1. The number of nitrogens with zero attached hydrogens (tertiary/aromatic N) is 4. The van der Waals surface area contributed by atoms with E-state index in [1.54, 1.807) is 24.1 Å². The summed E-state index contributed by atoms with van der Waals surface area (Å²) in [7, 11) is 1.78. The van der Waals surface area contributed by atoms with Crippen molar-refractivity contribution in [1.29, 1.82) is 5.41 Å². The molecule has 3 amide bonds. The molecule has 0 aromatic heterocycles. The quantitative estimate of drug-likeness (QED) is 0.239. The maximum Gasteiger partial charge on any atom is 0.325 e. The predicted octanol–water partition coefficient (Wildman–Crippen LogP) is 2.34. The Morgan fingerprint density at radius 3 is 2.25 bits per heavy atom. The topological polar surface area (TPSA) is 137 Å². The third-order valence-electron chi connectivity index (χ3n) is 6.48. The molecule has 5 N–H and O–H groups in total. The zero-order chi connectivity index (χ0) is 26.4. The number of urea groups is 1. The molecule has 0 aliphatic carbocycles. The van der Waals surface area contributed by atoms with Crippen LogP contribution in [0, 0.1) is 5.41 Å². The summed E-state index contributed by atoms with van der Waals surface area (Å²) in [6.45, 7) is 9.82. The Labute approximate surface area is 212 Å². The van der Waals surface area contributed by atoms with Gasteiger partial charge in [0, 0.05) is 58.9 Å². The van der Waals surface area contributed by atoms with E-state index in [-0.39, 0.29) is 28.8 Å². The first-order chi connectivity index (χ1) is 17.1. The number of likely N-dealkylation sites (N-methyl/N-ethyl adjacent to an activating group) is 1. The van der Waals surface area contributed by atoms with E-state index in [0.717, 1.165) is 62.7 Å². The van der Waals surface area contributed by atoms with Crippen LogP contribution in [0.25, 0.3) is 0 Å². The van der Waals surface area contributed by atoms with Crippen LogP contribution >= 0.6 is 0 Å². The van der Waals surface area contributed by atoms with Gasteiger partial charge in [-0.1, -0.05) is 26.0 Å². The number of rotatable bonds is 9. The standard InChI is InChI=1S/C26H36N6O4/c1-18(2)21-14-22(24(35)15-23(21)34)25(27)32(26(28)36)20-6-4-19(5-7-20)16-31-12-10-30(11-13-31)9-8-29(3)17-33/h4-7,14-15,17-18,27,34-35H,8-13,16H2,1-3H3,(H2,28,36). The summed E-state index contributed by atoms with van der Waals surface area (Å²) in [5, 5.41) is 29.1. The lowest BCUT2D eigenvalue weighted by Crippen LogP contribution is -2.47. The first-order valence-electron chi connectivity index (χ1n) is 12.0. The Morgan fingerprint density at radius 2 is 1.69 bits per heavy atom. The van der Waals surface area contributed by atoms with Crippen molar-refractivity contribution >= 4 is 24.0 Å². The van der Waals surface area contributed by atoms with E-state index in [1.807, 2.05) is 26.0 Å². The minimum absolute atomic E-state index is 0.0435. The molecule has 0 atom stereocenters. The smallest absolute Gasteiger partial charge is 0.325 e. The zero-order valence-electron chi connectivity index (χ0n) is 21.1. The largest absolute Gasteiger partial charge is 0.508 e. The van der Waals surface area contributed by atoms with Crippen molar-refractivity contribution in [3.05, 3.63) is 53.1 Å². The highest BCUT2D eigenvalue weighted by Gasteiger charge is 2.24. The molecule has 194 valence electrons. The molecule has 10 nitrogen and oxygen atoms in total. The molecule has 2 aromatic rings. The highest BCUT2D eigenvalue weighted by Crippen LogP contribution is 2.33. The number of hydrogen-bond acceptors (Lipinski definition) is 7. The lowest BCUT2D eigenvalue weighted by molar-refractivity contribution is -0.117. The van der Waals surface area contributed by atoms with Crippen LogP contribution in [0.5, 0.6) is 11.5 Å². The number of nitrogens with two attached hydrogens (primary N) is 1. The second-order valence-electron chi connectivity index (χ2n) is 9.48. The fourth-order valence-corrected chi connectivity index (χ4v) is 4.26. The van der Waals surface area contributed by atoms with E-state index < -0.39 is 6.03 Å². The average molecular weight is 497 g/mol. The van der Waals surface area contributed by atoms with Gasteiger partial charge in [-0.05, 0) is 35.2 Å². The van der Waals surface area contributed by atoms with E-state index in [1.165, 1.54) is 12.1 Å². The summed E-state index contributed by atoms with van der Waals surface area (Å²) in [5.74, 6) is -0.686. The maximum atomic E-state index is 12.3. The molecular weight excluding hydrogens is 460 g/mol. The van der Waals surface area contributed by atoms with Crippen LogP contribution in [-0.2, 0) is 11.3 Å². The van der Waals surface area contributed by atoms with Crippen LogP contribution in [0.2, 0.25) is 0 Å². The Balaban J connectivity index is 1.67. The molecule has 1 aliphatic heterocycles. The van der Waals surface area contributed by atoms with E-state index >= 15 is 0 Å². The summed E-state index contributed by atoms with van der Waals surface area (Å²) >= 11 is 0. The molecule has 3 rings (SSSR count). The van der Waals surface area contributed by atoms with Crippen LogP contribution in [0.1, 0.15) is 36.5 Å². The van der Waals surface area contributed by atoms with Gasteiger partial charge >= 0.3 is 6.03 Å². The van der Waals surface area contributed by atoms with Crippen molar-refractivity contribution < 1.29 is 19.8 Å². The van der Waals surface area contributed by atoms with Crippen molar-refractivity contribution in [2.24, 2.45) is 5.73 Å². The summed E-state index contributed by atoms with van der Waals surface area (Å²) in [6.07, 6.45) is 0.844. The van der Waals surface area contributed by atoms with Crippen LogP contribution in [-0.4, -0.2) is 89.5 Å². The molecule has 0 saturated carbocycles. The lowest BCUT2D eigenvalue weighted by Gasteiger charge is -2.35. The highest BCUT2D eigenvalue weighted by molar-refractivity contribution is 6.22. The number of amides is 3. The SMILES string of the molecule is CC(C)c1cc(C(=N)N(C(N)=O)c2ccc(CN3CCN(CCN(C)C=O)CC3)cc2)c(O)cc1O. The average Bonchev–Trinajstić information content (AvgIpc) is 2.84. The van der Waals surface area contributed by atoms with Gasteiger partial charge in [0.2, 0.25) is 6.41 Å². The van der Waals surface area contributed by atoms with E-state index in [0.29, 0.717) is 11.3 Å². The fourth-order valence-electron chi connectivity index (χ4n) is 4.26. The maximum absolute atomic E-state index is 12.3. The van der Waals surface area contributed by atoms with Gasteiger partial charge in [-0.15, -0.1) is 0 Å². The lowest BCUT2D eigenvalue weighted by atomic mass is 9.98. The van der Waals surface area contributed by atoms with Gasteiger partial charge in [0.1, 0.15) is 17.3 Å². The molecule has 2 aromatic carbocycles. The number of anilines is 1. The van der Waals surface area contributed by atoms with E-state index in [2.05, 4.69) is 9.80 Å². The van der Waals surface area contributed by atoms with E-state index in [4.69, 9.17) is 11.1 Å². The number of aromatic hydroxyl groups is 2. The predicted molar refractivity (Wildman–Crippen MR) is 140 cm³/mol. The van der Waals surface area contributed by atoms with Crippen LogP contribution < -0.4 is 10.6 Å². The summed E-state index contributed by atoms with van der Waals surface area (Å²) in [5.41, 5.74) is 7.77. The van der Waals surface area contributed by atoms with Gasteiger partial charge < -0.3 is 20.8 Å². The number of carbonyl (C=O) groups excluding carboxylic acids is 2. The van der Waals surface area contributed by atoms with E-state index in [9.17, 15) is 19.8 Å². The number of amidine groups is 1. The van der Waals surface area contributed by atoms with Crippen molar-refractivity contribution in [2.75, 3.05) is 51.2 Å². The van der Waals surface area contributed by atoms with Gasteiger partial charge in [-0.2, -0.15) is 0 Å². The molecule has 1 aliphatic rings. The monoisotopic (exact) mass is 496 g/mol. The van der Waals surface area contributed by atoms with Gasteiger partial charge in [-0.25, -0.2) is 9.69 Å². The minimum atomic E-state index is -0.845. The van der Waals surface area contributed by atoms with Crippen molar-refractivity contribution in [3.8, 4) is 11.5 Å². The summed E-state index contributed by atoms with van der Waals surface area (Å²) in [4.78, 5) is 30.4. The Morgan fingerprint density at radius 1 is 1.08 bits per heavy atom. The number of primary amides is 1. The first-order valence-corrected chi connectivity index (χ1v) is 12.0. The van der Waals surface area contributed by atoms with Crippen molar-refractivity contribution in [2.45, 2.75) is 26.3 Å². The Kier molecular flexibility index (Phi) is 8.89. The highest BCUT2D eigenvalue weighted by atomic mass is 16.3. The number of carbonyl (C=O) groups is 2.